The first-order chi connectivity index (χ1) is 15.1. The van der Waals surface area contributed by atoms with Crippen LogP contribution in [0.15, 0.2) is 80.5 Å². The zero-order valence-electron chi connectivity index (χ0n) is 15.7. The lowest BCUT2D eigenvalue weighted by molar-refractivity contribution is 0.0391. The summed E-state index contributed by atoms with van der Waals surface area (Å²) >= 11 is 0. The van der Waals surface area contributed by atoms with Gasteiger partial charge < -0.3 is 13.6 Å². The smallest absolute Gasteiger partial charge is 0.347 e. The minimum absolute atomic E-state index is 0.248. The molecule has 2 aromatic heterocycles. The van der Waals surface area contributed by atoms with E-state index < -0.39 is 17.6 Å². The third-order valence-electron chi connectivity index (χ3n) is 5.31. The van der Waals surface area contributed by atoms with E-state index in [1.54, 1.807) is 48.5 Å². The van der Waals surface area contributed by atoms with Crippen LogP contribution in [0.5, 0.6) is 0 Å². The summed E-state index contributed by atoms with van der Waals surface area (Å²) in [4.78, 5) is 41.1. The Morgan fingerprint density at radius 1 is 0.710 bits per heavy atom. The second-order valence-corrected chi connectivity index (χ2v) is 7.08. The highest BCUT2D eigenvalue weighted by Crippen LogP contribution is 2.36. The number of esters is 2. The maximum atomic E-state index is 12.5. The van der Waals surface area contributed by atoms with Crippen molar-refractivity contribution in [3.63, 3.8) is 0 Å². The maximum Gasteiger partial charge on any atom is 0.347 e. The van der Waals surface area contributed by atoms with Crippen LogP contribution in [0.1, 0.15) is 20.7 Å². The van der Waals surface area contributed by atoms with E-state index >= 15 is 0 Å². The number of para-hydroxylation sites is 1. The second kappa shape index (κ2) is 6.24. The third kappa shape index (κ3) is 2.53. The van der Waals surface area contributed by atoms with Crippen molar-refractivity contribution >= 4 is 33.7 Å². The molecule has 5 aromatic rings. The molecule has 1 aliphatic heterocycles. The molecule has 0 N–H and O–H groups in total. The lowest BCUT2D eigenvalue weighted by atomic mass is 9.94. The van der Waals surface area contributed by atoms with Gasteiger partial charge in [0.2, 0.25) is 5.89 Å². The molecule has 6 rings (SSSR count). The van der Waals surface area contributed by atoms with Crippen LogP contribution < -0.4 is 5.63 Å². The Bertz CT molecular complexity index is 1600. The van der Waals surface area contributed by atoms with Gasteiger partial charge in [0.15, 0.2) is 5.76 Å². The highest BCUT2D eigenvalue weighted by molar-refractivity contribution is 6.22. The van der Waals surface area contributed by atoms with E-state index in [9.17, 15) is 14.4 Å². The Morgan fingerprint density at radius 2 is 1.48 bits per heavy atom. The molecule has 7 nitrogen and oxygen atoms in total. The first-order valence-electron chi connectivity index (χ1n) is 9.42. The van der Waals surface area contributed by atoms with Crippen molar-refractivity contribution in [2.75, 3.05) is 0 Å². The minimum Gasteiger partial charge on any atom is -0.436 e. The van der Waals surface area contributed by atoms with E-state index in [4.69, 9.17) is 13.6 Å². The third-order valence-corrected chi connectivity index (χ3v) is 5.31. The van der Waals surface area contributed by atoms with Gasteiger partial charge in [0.25, 0.3) is 0 Å². The van der Waals surface area contributed by atoms with Crippen molar-refractivity contribution in [1.29, 1.82) is 0 Å². The lowest BCUT2D eigenvalue weighted by Crippen LogP contribution is -2.19. The molecule has 3 aromatic carbocycles. The predicted octanol–water partition coefficient (Wildman–Crippen LogP) is 4.58. The number of oxazole rings is 1. The molecule has 148 valence electrons. The van der Waals surface area contributed by atoms with Gasteiger partial charge in [0.1, 0.15) is 11.1 Å². The fourth-order valence-electron chi connectivity index (χ4n) is 3.88. The van der Waals surface area contributed by atoms with Gasteiger partial charge in [-0.1, -0.05) is 30.3 Å². The lowest BCUT2D eigenvalue weighted by Gasteiger charge is -2.16. The average molecular weight is 409 g/mol. The highest BCUT2D eigenvalue weighted by Gasteiger charge is 2.28. The van der Waals surface area contributed by atoms with Crippen LogP contribution in [0, 0.1) is 0 Å². The fourth-order valence-corrected chi connectivity index (χ4v) is 3.88. The normalized spacial score (nSPS) is 13.0. The van der Waals surface area contributed by atoms with Crippen molar-refractivity contribution in [2.24, 2.45) is 0 Å². The van der Waals surface area contributed by atoms with Crippen LogP contribution in [-0.2, 0) is 4.74 Å². The Labute approximate surface area is 173 Å². The zero-order valence-corrected chi connectivity index (χ0v) is 15.7. The molecule has 0 atom stereocenters. The first kappa shape index (κ1) is 17.3. The van der Waals surface area contributed by atoms with Crippen LogP contribution in [0.4, 0.5) is 0 Å². The van der Waals surface area contributed by atoms with Gasteiger partial charge >= 0.3 is 17.6 Å². The zero-order chi connectivity index (χ0) is 21.1. The van der Waals surface area contributed by atoms with Crippen molar-refractivity contribution < 1.29 is 23.2 Å². The molecule has 0 saturated carbocycles. The van der Waals surface area contributed by atoms with Crippen LogP contribution >= 0.6 is 0 Å². The van der Waals surface area contributed by atoms with Gasteiger partial charge in [-0.2, -0.15) is 0 Å². The van der Waals surface area contributed by atoms with E-state index in [-0.39, 0.29) is 17.2 Å². The number of nitrogens with zero attached hydrogens (tertiary/aromatic N) is 1. The summed E-state index contributed by atoms with van der Waals surface area (Å²) in [5, 5.41) is 1.87. The molecule has 0 radical (unpaired) electrons. The maximum absolute atomic E-state index is 12.5. The summed E-state index contributed by atoms with van der Waals surface area (Å²) in [7, 11) is 0. The summed E-state index contributed by atoms with van der Waals surface area (Å²) in [5.74, 6) is -0.882. The molecule has 3 heterocycles. The summed E-state index contributed by atoms with van der Waals surface area (Å²) in [6.07, 6.45) is 1.45. The molecule has 0 amide bonds. The second-order valence-electron chi connectivity index (χ2n) is 7.08. The first-order valence-corrected chi connectivity index (χ1v) is 9.42. The number of hydrogen-bond donors (Lipinski definition) is 0. The summed E-state index contributed by atoms with van der Waals surface area (Å²) in [6.45, 7) is 0. The van der Waals surface area contributed by atoms with Crippen LogP contribution in [0.3, 0.4) is 0 Å². The highest BCUT2D eigenvalue weighted by atomic mass is 16.6. The number of rotatable bonds is 2. The van der Waals surface area contributed by atoms with Crippen LogP contribution in [-0.4, -0.2) is 16.9 Å². The van der Waals surface area contributed by atoms with Gasteiger partial charge in [-0.15, -0.1) is 0 Å². The standard InChI is InChI=1S/C24H11NO6/c26-22-15-6-3-5-13-14(8-9-16(20(13)15)23(27)31-22)21-25-11-19(29-21)17-10-12-4-1-2-7-18(12)30-24(17)28/h1-11H. The number of cyclic esters (lactones) is 2. The largest absolute Gasteiger partial charge is 0.436 e. The molecule has 0 aliphatic carbocycles. The molecular formula is C24H11NO6. The minimum atomic E-state index is -0.692. The van der Waals surface area contributed by atoms with Gasteiger partial charge in [-0.25, -0.2) is 19.4 Å². The molecule has 0 unspecified atom stereocenters. The number of carbonyl (C=O) groups excluding carboxylic acids is 2. The van der Waals surface area contributed by atoms with Crippen molar-refractivity contribution in [3.8, 4) is 22.8 Å². The molecule has 0 fully saturated rings. The number of fused-ring (bicyclic) bond motifs is 1. The Morgan fingerprint density at radius 3 is 2.35 bits per heavy atom. The number of ether oxygens (including phenoxy) is 1. The predicted molar refractivity (Wildman–Crippen MR) is 111 cm³/mol. The van der Waals surface area contributed by atoms with Gasteiger partial charge in [-0.3, -0.25) is 0 Å². The fraction of sp³-hybridized carbons (Fsp3) is 0. The van der Waals surface area contributed by atoms with Gasteiger partial charge in [-0.05, 0) is 35.7 Å². The van der Waals surface area contributed by atoms with Crippen molar-refractivity contribution in [3.05, 3.63) is 88.4 Å². The van der Waals surface area contributed by atoms with E-state index in [1.165, 1.54) is 6.20 Å². The van der Waals surface area contributed by atoms with E-state index in [2.05, 4.69) is 4.98 Å². The summed E-state index contributed by atoms with van der Waals surface area (Å²) in [6, 6.07) is 17.2. The quantitative estimate of drug-likeness (QED) is 0.239. The van der Waals surface area contributed by atoms with E-state index in [0.717, 1.165) is 5.39 Å². The molecule has 31 heavy (non-hydrogen) atoms. The average Bonchev–Trinajstić information content (AvgIpc) is 3.26. The van der Waals surface area contributed by atoms with Crippen LogP contribution in [0.25, 0.3) is 44.5 Å². The van der Waals surface area contributed by atoms with Crippen molar-refractivity contribution in [1.82, 2.24) is 4.98 Å². The Balaban J connectivity index is 1.54. The molecular weight excluding hydrogens is 398 g/mol. The molecule has 0 spiro atoms. The number of aromatic nitrogens is 1. The summed E-state index contributed by atoms with van der Waals surface area (Å²) < 4.78 is 16.1. The molecule has 7 heteroatoms. The van der Waals surface area contributed by atoms with Crippen LogP contribution in [0.2, 0.25) is 0 Å². The van der Waals surface area contributed by atoms with Gasteiger partial charge in [0.05, 0.1) is 17.3 Å². The van der Waals surface area contributed by atoms with Crippen molar-refractivity contribution in [2.45, 2.75) is 0 Å². The van der Waals surface area contributed by atoms with E-state index in [0.29, 0.717) is 33.0 Å². The Kier molecular flexibility index (Phi) is 3.49. The molecule has 0 saturated heterocycles. The topological polar surface area (TPSA) is 99.6 Å². The number of hydrogen-bond acceptors (Lipinski definition) is 7. The molecule has 1 aliphatic rings. The van der Waals surface area contributed by atoms with Gasteiger partial charge in [0, 0.05) is 16.3 Å². The summed E-state index contributed by atoms with van der Waals surface area (Å²) in [5.41, 5.74) is 1.38. The Hall–Kier alpha value is -4.52. The molecule has 0 bridgehead atoms. The SMILES string of the molecule is O=C1OC(=O)c2ccc(-c3ncc(-c4cc5ccccc5oc4=O)o3)c3cccc1c23. The number of benzene rings is 3. The number of carbonyl (C=O) groups is 2. The monoisotopic (exact) mass is 409 g/mol. The van der Waals surface area contributed by atoms with E-state index in [1.807, 2.05) is 12.1 Å².